The van der Waals surface area contributed by atoms with Gasteiger partial charge in [-0.25, -0.2) is 14.6 Å². The summed E-state index contributed by atoms with van der Waals surface area (Å²) in [6.07, 6.45) is 2.53. The SMILES string of the molecule is CC(C)(C)OC(=O)N1CCCC[C@@H]1c1nc(-c2cccc(C(=O)O)c2)cs1. The summed E-state index contributed by atoms with van der Waals surface area (Å²) in [5, 5.41) is 12.0. The van der Waals surface area contributed by atoms with Crippen molar-refractivity contribution in [3.8, 4) is 11.3 Å². The lowest BCUT2D eigenvalue weighted by atomic mass is 10.0. The largest absolute Gasteiger partial charge is 0.478 e. The van der Waals surface area contributed by atoms with Crippen LogP contribution in [0.3, 0.4) is 0 Å². The number of carboxylic acids is 1. The number of nitrogens with zero attached hydrogens (tertiary/aromatic N) is 2. The molecule has 1 aliphatic heterocycles. The molecule has 1 aromatic heterocycles. The highest BCUT2D eigenvalue weighted by Crippen LogP contribution is 2.35. The number of piperidine rings is 1. The number of ether oxygens (including phenoxy) is 1. The molecule has 0 bridgehead atoms. The predicted molar refractivity (Wildman–Crippen MR) is 104 cm³/mol. The Balaban J connectivity index is 1.84. The summed E-state index contributed by atoms with van der Waals surface area (Å²) in [6, 6.07) is 6.64. The highest BCUT2D eigenvalue weighted by atomic mass is 32.1. The van der Waals surface area contributed by atoms with Crippen molar-refractivity contribution in [2.45, 2.75) is 51.7 Å². The molecule has 6 nitrogen and oxygen atoms in total. The van der Waals surface area contributed by atoms with E-state index >= 15 is 0 Å². The van der Waals surface area contributed by atoms with E-state index in [1.807, 2.05) is 32.2 Å². The minimum Gasteiger partial charge on any atom is -0.478 e. The summed E-state index contributed by atoms with van der Waals surface area (Å²) >= 11 is 1.50. The van der Waals surface area contributed by atoms with Crippen LogP contribution in [0.5, 0.6) is 0 Å². The molecule has 3 rings (SSSR count). The average molecular weight is 388 g/mol. The molecule has 2 aromatic rings. The van der Waals surface area contributed by atoms with E-state index in [-0.39, 0.29) is 17.7 Å². The van der Waals surface area contributed by atoms with Crippen LogP contribution >= 0.6 is 11.3 Å². The van der Waals surface area contributed by atoms with Crippen LogP contribution in [0.15, 0.2) is 29.6 Å². The second kappa shape index (κ2) is 7.68. The minimum atomic E-state index is -0.962. The molecule has 1 aliphatic rings. The molecular weight excluding hydrogens is 364 g/mol. The predicted octanol–water partition coefficient (Wildman–Crippen LogP) is 4.97. The third-order valence-corrected chi connectivity index (χ3v) is 5.29. The molecule has 27 heavy (non-hydrogen) atoms. The summed E-state index contributed by atoms with van der Waals surface area (Å²) < 4.78 is 5.56. The first-order valence-electron chi connectivity index (χ1n) is 9.03. The first-order valence-corrected chi connectivity index (χ1v) is 9.91. The highest BCUT2D eigenvalue weighted by Gasteiger charge is 2.33. The number of thiazole rings is 1. The number of carboxylic acid groups (broad SMARTS) is 1. The van der Waals surface area contributed by atoms with E-state index in [0.717, 1.165) is 35.5 Å². The molecule has 1 amide bonds. The van der Waals surface area contributed by atoms with Gasteiger partial charge in [0.15, 0.2) is 0 Å². The van der Waals surface area contributed by atoms with Crippen LogP contribution in [-0.4, -0.2) is 39.2 Å². The number of likely N-dealkylation sites (tertiary alicyclic amines) is 1. The Morgan fingerprint density at radius 3 is 2.78 bits per heavy atom. The number of hydrogen-bond acceptors (Lipinski definition) is 5. The number of aromatic nitrogens is 1. The van der Waals surface area contributed by atoms with Gasteiger partial charge in [-0.1, -0.05) is 12.1 Å². The molecule has 1 saturated heterocycles. The topological polar surface area (TPSA) is 79.7 Å². The minimum absolute atomic E-state index is 0.102. The molecular formula is C20H24N2O4S. The van der Waals surface area contributed by atoms with Crippen molar-refractivity contribution in [3.05, 3.63) is 40.2 Å². The van der Waals surface area contributed by atoms with Crippen LogP contribution in [-0.2, 0) is 4.74 Å². The van der Waals surface area contributed by atoms with Crippen molar-refractivity contribution in [1.82, 2.24) is 9.88 Å². The fourth-order valence-electron chi connectivity index (χ4n) is 3.11. The van der Waals surface area contributed by atoms with Gasteiger partial charge >= 0.3 is 12.1 Å². The van der Waals surface area contributed by atoms with E-state index in [1.165, 1.54) is 11.3 Å². The van der Waals surface area contributed by atoms with E-state index in [4.69, 9.17) is 9.72 Å². The van der Waals surface area contributed by atoms with Crippen LogP contribution in [0.2, 0.25) is 0 Å². The fraction of sp³-hybridized carbons (Fsp3) is 0.450. The van der Waals surface area contributed by atoms with Gasteiger partial charge in [-0.2, -0.15) is 0 Å². The molecule has 1 aromatic carbocycles. The van der Waals surface area contributed by atoms with Gasteiger partial charge in [-0.15, -0.1) is 11.3 Å². The van der Waals surface area contributed by atoms with Gasteiger partial charge in [0.1, 0.15) is 10.6 Å². The van der Waals surface area contributed by atoms with Gasteiger partial charge < -0.3 is 9.84 Å². The molecule has 7 heteroatoms. The van der Waals surface area contributed by atoms with E-state index in [2.05, 4.69) is 0 Å². The second-order valence-corrected chi connectivity index (χ2v) is 8.53. The Bertz CT molecular complexity index is 841. The molecule has 0 aliphatic carbocycles. The quantitative estimate of drug-likeness (QED) is 0.803. The van der Waals surface area contributed by atoms with Crippen molar-refractivity contribution in [3.63, 3.8) is 0 Å². The normalized spacial score (nSPS) is 17.6. The maximum absolute atomic E-state index is 12.6. The Morgan fingerprint density at radius 2 is 2.07 bits per heavy atom. The summed E-state index contributed by atoms with van der Waals surface area (Å²) in [4.78, 5) is 30.3. The third kappa shape index (κ3) is 4.66. The zero-order valence-corrected chi connectivity index (χ0v) is 16.6. The van der Waals surface area contributed by atoms with Crippen molar-refractivity contribution in [1.29, 1.82) is 0 Å². The van der Waals surface area contributed by atoms with Crippen molar-refractivity contribution < 1.29 is 19.4 Å². The van der Waals surface area contributed by atoms with Gasteiger partial charge in [0.05, 0.1) is 17.3 Å². The first-order chi connectivity index (χ1) is 12.7. The molecule has 144 valence electrons. The van der Waals surface area contributed by atoms with Crippen LogP contribution in [0, 0.1) is 0 Å². The van der Waals surface area contributed by atoms with Crippen molar-refractivity contribution in [2.24, 2.45) is 0 Å². The Morgan fingerprint density at radius 1 is 1.30 bits per heavy atom. The van der Waals surface area contributed by atoms with Gasteiger partial charge in [0.2, 0.25) is 0 Å². The van der Waals surface area contributed by atoms with Gasteiger partial charge in [-0.05, 0) is 52.2 Å². The van der Waals surface area contributed by atoms with E-state index < -0.39 is 11.6 Å². The van der Waals surface area contributed by atoms with Gasteiger partial charge in [-0.3, -0.25) is 4.90 Å². The molecule has 2 heterocycles. The summed E-state index contributed by atoms with van der Waals surface area (Å²) in [5.74, 6) is -0.962. The lowest BCUT2D eigenvalue weighted by Gasteiger charge is -2.35. The number of carbonyl (C=O) groups is 2. The maximum Gasteiger partial charge on any atom is 0.410 e. The number of aromatic carboxylic acids is 1. The number of amides is 1. The Hall–Kier alpha value is -2.41. The second-order valence-electron chi connectivity index (χ2n) is 7.64. The standard InChI is InChI=1S/C20H24N2O4S/c1-20(2,3)26-19(25)22-10-5-4-9-16(22)17-21-15(12-27-17)13-7-6-8-14(11-13)18(23)24/h6-8,11-12,16H,4-5,9-10H2,1-3H3,(H,23,24)/t16-/m1/s1. The molecule has 0 saturated carbocycles. The molecule has 0 radical (unpaired) electrons. The lowest BCUT2D eigenvalue weighted by molar-refractivity contribution is 0.00948. The van der Waals surface area contributed by atoms with Crippen LogP contribution in [0.4, 0.5) is 4.79 Å². The first kappa shape index (κ1) is 19.4. The molecule has 0 unspecified atom stereocenters. The van der Waals surface area contributed by atoms with Crippen molar-refractivity contribution >= 4 is 23.4 Å². The summed E-state index contributed by atoms with van der Waals surface area (Å²) in [6.45, 7) is 6.24. The highest BCUT2D eigenvalue weighted by molar-refractivity contribution is 7.10. The number of hydrogen-bond donors (Lipinski definition) is 1. The van der Waals surface area contributed by atoms with Gasteiger partial charge in [0.25, 0.3) is 0 Å². The maximum atomic E-state index is 12.6. The monoisotopic (exact) mass is 388 g/mol. The van der Waals surface area contributed by atoms with Crippen LogP contribution in [0.25, 0.3) is 11.3 Å². The molecule has 0 spiro atoms. The van der Waals surface area contributed by atoms with E-state index in [1.54, 1.807) is 23.1 Å². The molecule has 1 atom stereocenters. The number of benzene rings is 1. The lowest BCUT2D eigenvalue weighted by Crippen LogP contribution is -2.41. The van der Waals surface area contributed by atoms with Crippen LogP contribution < -0.4 is 0 Å². The summed E-state index contributed by atoms with van der Waals surface area (Å²) in [5.41, 5.74) is 1.18. The number of carbonyl (C=O) groups excluding carboxylic acids is 1. The fourth-order valence-corrected chi connectivity index (χ4v) is 4.09. The zero-order valence-electron chi connectivity index (χ0n) is 15.8. The Kier molecular flexibility index (Phi) is 5.51. The van der Waals surface area contributed by atoms with Crippen molar-refractivity contribution in [2.75, 3.05) is 6.54 Å². The summed E-state index contributed by atoms with van der Waals surface area (Å²) in [7, 11) is 0. The number of rotatable bonds is 3. The van der Waals surface area contributed by atoms with E-state index in [0.29, 0.717) is 6.54 Å². The van der Waals surface area contributed by atoms with E-state index in [9.17, 15) is 14.7 Å². The Labute approximate surface area is 162 Å². The van der Waals surface area contributed by atoms with Crippen LogP contribution in [0.1, 0.15) is 61.4 Å². The molecule has 1 fully saturated rings. The average Bonchev–Trinajstić information content (AvgIpc) is 3.10. The smallest absolute Gasteiger partial charge is 0.410 e. The van der Waals surface area contributed by atoms with Gasteiger partial charge in [0, 0.05) is 17.5 Å². The molecule has 1 N–H and O–H groups in total. The third-order valence-electron chi connectivity index (χ3n) is 4.34. The zero-order chi connectivity index (χ0) is 19.6.